The zero-order chi connectivity index (χ0) is 31.9. The molecule has 2 aliphatic rings. The van der Waals surface area contributed by atoms with E-state index in [1.165, 1.54) is 6.21 Å². The summed E-state index contributed by atoms with van der Waals surface area (Å²) in [4.78, 5) is 16.6. The van der Waals surface area contributed by atoms with Crippen LogP contribution >= 0.6 is 0 Å². The molecule has 1 atom stereocenters. The van der Waals surface area contributed by atoms with Gasteiger partial charge < -0.3 is 20.4 Å². The lowest BCUT2D eigenvalue weighted by Crippen LogP contribution is -2.35. The van der Waals surface area contributed by atoms with Gasteiger partial charge in [0.2, 0.25) is 5.95 Å². The molecule has 238 valence electrons. The van der Waals surface area contributed by atoms with Crippen LogP contribution in [0.25, 0.3) is 11.3 Å². The second-order valence-corrected chi connectivity index (χ2v) is 12.0. The predicted octanol–water partition coefficient (Wildman–Crippen LogP) is 4.19. The predicted molar refractivity (Wildman–Crippen MR) is 178 cm³/mol. The smallest absolute Gasteiger partial charge is 0.228 e. The first-order valence-electron chi connectivity index (χ1n) is 16.0. The van der Waals surface area contributed by atoms with E-state index in [0.717, 1.165) is 84.7 Å². The lowest BCUT2D eigenvalue weighted by Gasteiger charge is -2.28. The summed E-state index contributed by atoms with van der Waals surface area (Å²) in [7, 11) is 3.68. The molecule has 1 aliphatic carbocycles. The number of nitrogens with one attached hydrogen (secondary N) is 2. The average Bonchev–Trinajstić information content (AvgIpc) is 3.67. The Labute approximate surface area is 269 Å². The van der Waals surface area contributed by atoms with Gasteiger partial charge in [-0.05, 0) is 55.5 Å². The number of anilines is 2. The number of rotatable bonds is 13. The van der Waals surface area contributed by atoms with E-state index in [9.17, 15) is 0 Å². The summed E-state index contributed by atoms with van der Waals surface area (Å²) in [6.45, 7) is 4.74. The lowest BCUT2D eigenvalue weighted by atomic mass is 9.91. The third-order valence-electron chi connectivity index (χ3n) is 8.84. The van der Waals surface area contributed by atoms with Crippen LogP contribution < -0.4 is 5.32 Å². The molecule has 0 saturated carbocycles. The minimum atomic E-state index is -0.190. The molecule has 3 aromatic heterocycles. The van der Waals surface area contributed by atoms with Crippen molar-refractivity contribution in [2.24, 2.45) is 18.0 Å². The van der Waals surface area contributed by atoms with Gasteiger partial charge in [0.15, 0.2) is 5.82 Å². The summed E-state index contributed by atoms with van der Waals surface area (Å²) >= 11 is 0. The highest BCUT2D eigenvalue weighted by Crippen LogP contribution is 2.36. The van der Waals surface area contributed by atoms with Gasteiger partial charge in [-0.15, -0.1) is 0 Å². The molecule has 0 bridgehead atoms. The Kier molecular flexibility index (Phi) is 9.91. The molecule has 2 N–H and O–H groups in total. The molecular weight excluding hydrogens is 578 g/mol. The van der Waals surface area contributed by atoms with Crippen LogP contribution in [0.15, 0.2) is 47.7 Å². The number of nitriles is 1. The van der Waals surface area contributed by atoms with E-state index in [2.05, 4.69) is 55.6 Å². The molecule has 6 rings (SSSR count). The number of piperidine rings is 1. The van der Waals surface area contributed by atoms with Gasteiger partial charge in [0.25, 0.3) is 0 Å². The van der Waals surface area contributed by atoms with Crippen LogP contribution in [-0.2, 0) is 37.6 Å². The number of ether oxygens (including phenoxy) is 1. The van der Waals surface area contributed by atoms with Gasteiger partial charge in [0.1, 0.15) is 0 Å². The van der Waals surface area contributed by atoms with Gasteiger partial charge in [-0.3, -0.25) is 14.4 Å². The second-order valence-electron chi connectivity index (χ2n) is 12.0. The molecule has 1 aromatic carbocycles. The Morgan fingerprint density at radius 1 is 1.20 bits per heavy atom. The van der Waals surface area contributed by atoms with E-state index in [-0.39, 0.29) is 11.8 Å². The Morgan fingerprint density at radius 3 is 2.87 bits per heavy atom. The van der Waals surface area contributed by atoms with Crippen molar-refractivity contribution in [3.8, 4) is 17.3 Å². The number of aryl methyl sites for hydroxylation is 3. The number of hydrogen-bond acceptors (Lipinski definition) is 10. The molecule has 1 saturated heterocycles. The van der Waals surface area contributed by atoms with Crippen LogP contribution in [0.3, 0.4) is 0 Å². The van der Waals surface area contributed by atoms with Gasteiger partial charge in [0, 0.05) is 69.5 Å². The quantitative estimate of drug-likeness (QED) is 0.212. The molecule has 46 heavy (non-hydrogen) atoms. The molecular formula is C34H41N11O. The van der Waals surface area contributed by atoms with Crippen molar-refractivity contribution in [1.29, 1.82) is 10.7 Å². The number of methoxy groups -OCH3 is 1. The third kappa shape index (κ3) is 7.22. The van der Waals surface area contributed by atoms with Crippen LogP contribution in [0.2, 0.25) is 0 Å². The number of likely N-dealkylation sites (tertiary alicyclic amines) is 1. The van der Waals surface area contributed by atoms with Crippen LogP contribution in [0.5, 0.6) is 0 Å². The van der Waals surface area contributed by atoms with E-state index >= 15 is 0 Å². The Bertz CT molecular complexity index is 1720. The SMILES string of the molecule is COCCn1ccc(Nc2ncc3c(n2)-c2c(nn(C)c2Cc2cccc(C(C=N)C=NCCN4CCC(C#N)CC4)c2)CC3)n1. The first kappa shape index (κ1) is 31.3. The van der Waals surface area contributed by atoms with Gasteiger partial charge in [-0.2, -0.15) is 15.5 Å². The highest BCUT2D eigenvalue weighted by molar-refractivity contribution is 5.89. The Morgan fingerprint density at radius 2 is 2.07 bits per heavy atom. The Hall–Kier alpha value is -4.73. The van der Waals surface area contributed by atoms with Crippen molar-refractivity contribution >= 4 is 24.2 Å². The van der Waals surface area contributed by atoms with Crippen molar-refractivity contribution < 1.29 is 4.74 Å². The zero-order valence-corrected chi connectivity index (χ0v) is 26.6. The van der Waals surface area contributed by atoms with Gasteiger partial charge >= 0.3 is 0 Å². The minimum absolute atomic E-state index is 0.190. The highest BCUT2D eigenvalue weighted by atomic mass is 16.5. The molecule has 1 fully saturated rings. The van der Waals surface area contributed by atoms with E-state index < -0.39 is 0 Å². The molecule has 0 radical (unpaired) electrons. The topological polar surface area (TPSA) is 146 Å². The van der Waals surface area contributed by atoms with Crippen LogP contribution in [-0.4, -0.2) is 86.8 Å². The summed E-state index contributed by atoms with van der Waals surface area (Å²) in [6.07, 6.45) is 11.4. The summed E-state index contributed by atoms with van der Waals surface area (Å²) in [5.41, 5.74) is 7.44. The molecule has 1 aliphatic heterocycles. The number of benzene rings is 1. The first-order valence-corrected chi connectivity index (χ1v) is 16.0. The van der Waals surface area contributed by atoms with Crippen molar-refractivity contribution in [2.45, 2.75) is 44.6 Å². The maximum absolute atomic E-state index is 9.13. The largest absolute Gasteiger partial charge is 0.383 e. The number of aromatic nitrogens is 6. The summed E-state index contributed by atoms with van der Waals surface area (Å²) in [6, 6.07) is 12.7. The zero-order valence-electron chi connectivity index (χ0n) is 26.6. The molecule has 0 spiro atoms. The first-order chi connectivity index (χ1) is 22.5. The van der Waals surface area contributed by atoms with Crippen molar-refractivity contribution in [1.82, 2.24) is 34.4 Å². The van der Waals surface area contributed by atoms with Gasteiger partial charge in [-0.25, -0.2) is 9.97 Å². The summed E-state index contributed by atoms with van der Waals surface area (Å²) < 4.78 is 8.96. The average molecular weight is 620 g/mol. The van der Waals surface area contributed by atoms with E-state index in [1.54, 1.807) is 7.11 Å². The molecule has 12 heteroatoms. The molecule has 12 nitrogen and oxygen atoms in total. The number of nitrogens with zero attached hydrogens (tertiary/aromatic N) is 9. The van der Waals surface area contributed by atoms with Crippen LogP contribution in [0, 0.1) is 22.7 Å². The number of aliphatic imine (C=N–C) groups is 1. The van der Waals surface area contributed by atoms with Crippen LogP contribution in [0.4, 0.5) is 11.8 Å². The van der Waals surface area contributed by atoms with E-state index in [4.69, 9.17) is 25.5 Å². The van der Waals surface area contributed by atoms with Crippen molar-refractivity contribution in [3.05, 3.63) is 70.8 Å². The van der Waals surface area contributed by atoms with Gasteiger partial charge in [-0.1, -0.05) is 24.3 Å². The molecule has 4 heterocycles. The fourth-order valence-electron chi connectivity index (χ4n) is 6.24. The summed E-state index contributed by atoms with van der Waals surface area (Å²) in [5, 5.41) is 29.9. The number of fused-ring (bicyclic) bond motifs is 3. The number of hydrogen-bond donors (Lipinski definition) is 2. The lowest BCUT2D eigenvalue weighted by molar-refractivity contribution is 0.183. The van der Waals surface area contributed by atoms with Gasteiger partial charge in [0.05, 0.1) is 48.8 Å². The standard InChI is InChI=1S/C34H41N11O/c1-43-30(19-25-4-3-5-26(18-25)28(21-36)22-37-11-15-44-12-8-24(20-35)9-13-44)32-29(41-43)7-6-27-23-38-34(40-33(27)32)39-31-10-14-45(42-31)16-17-46-2/h3-5,10,14,18,21-24,28,36H,6-9,11-13,15-17,19H2,1-2H3,(H,38,39,40,42). The van der Waals surface area contributed by atoms with Crippen molar-refractivity contribution in [3.63, 3.8) is 0 Å². The highest BCUT2D eigenvalue weighted by Gasteiger charge is 2.27. The molecule has 4 aromatic rings. The summed E-state index contributed by atoms with van der Waals surface area (Å²) in [5.74, 6) is 1.18. The molecule has 1 unspecified atom stereocenters. The molecule has 0 amide bonds. The maximum atomic E-state index is 9.13. The fraction of sp³-hybridized carbons (Fsp3) is 0.441. The maximum Gasteiger partial charge on any atom is 0.228 e. The Balaban J connectivity index is 1.16. The van der Waals surface area contributed by atoms with Crippen molar-refractivity contribution in [2.75, 3.05) is 45.2 Å². The minimum Gasteiger partial charge on any atom is -0.383 e. The van der Waals surface area contributed by atoms with Crippen LogP contribution in [0.1, 0.15) is 46.8 Å². The third-order valence-corrected chi connectivity index (χ3v) is 8.84. The second kappa shape index (κ2) is 14.6. The van der Waals surface area contributed by atoms with E-state index in [0.29, 0.717) is 37.9 Å². The monoisotopic (exact) mass is 619 g/mol. The normalized spacial score (nSPS) is 15.8. The van der Waals surface area contributed by atoms with E-state index in [1.807, 2.05) is 41.1 Å². The fourth-order valence-corrected chi connectivity index (χ4v) is 6.24.